The molecule has 0 radical (unpaired) electrons. The van der Waals surface area contributed by atoms with Gasteiger partial charge in [-0.25, -0.2) is 0 Å². The molecule has 0 aliphatic heterocycles. The number of nitrogens with zero attached hydrogens (tertiary/aromatic N) is 1. The number of benzene rings is 2. The van der Waals surface area contributed by atoms with Crippen molar-refractivity contribution in [1.29, 1.82) is 0 Å². The summed E-state index contributed by atoms with van der Waals surface area (Å²) in [5.41, 5.74) is 3.10. The average molecular weight is 398 g/mol. The summed E-state index contributed by atoms with van der Waals surface area (Å²) in [6.07, 6.45) is -2.75. The lowest BCUT2D eigenvalue weighted by atomic mass is 10.1. The van der Waals surface area contributed by atoms with Crippen LogP contribution in [0, 0.1) is 13.8 Å². The molecule has 4 rings (SSSR count). The van der Waals surface area contributed by atoms with E-state index < -0.39 is 11.7 Å². The molecule has 1 aliphatic rings. The van der Waals surface area contributed by atoms with Crippen LogP contribution in [-0.4, -0.2) is 10.5 Å². The first kappa shape index (κ1) is 19.3. The van der Waals surface area contributed by atoms with Crippen molar-refractivity contribution in [2.24, 2.45) is 0 Å². The summed E-state index contributed by atoms with van der Waals surface area (Å²) >= 11 is 0. The highest BCUT2D eigenvalue weighted by atomic mass is 19.4. The molecule has 0 spiro atoms. The maximum absolute atomic E-state index is 13.5. The van der Waals surface area contributed by atoms with E-state index in [-0.39, 0.29) is 17.6 Å². The number of para-hydroxylation sites is 1. The standard InChI is InChI=1S/C23H21F3N2O/c1-14-13-18(22(29)27-20-12-11-16-7-3-4-8-17(16)20)15(2)28(14)21-10-6-5-9-19(21)23(24,25)26/h3-10,13,20H,11-12H2,1-2H3,(H,27,29). The average Bonchev–Trinajstić information content (AvgIpc) is 3.22. The molecule has 29 heavy (non-hydrogen) atoms. The predicted molar refractivity (Wildman–Crippen MR) is 105 cm³/mol. The number of halogens is 3. The third-order valence-corrected chi connectivity index (χ3v) is 5.56. The Morgan fingerprint density at radius 3 is 2.52 bits per heavy atom. The van der Waals surface area contributed by atoms with Gasteiger partial charge in [-0.3, -0.25) is 4.79 Å². The molecule has 3 nitrogen and oxygen atoms in total. The Morgan fingerprint density at radius 2 is 1.76 bits per heavy atom. The van der Waals surface area contributed by atoms with Crippen molar-refractivity contribution < 1.29 is 18.0 Å². The summed E-state index contributed by atoms with van der Waals surface area (Å²) in [5, 5.41) is 3.05. The van der Waals surface area contributed by atoms with Crippen molar-refractivity contribution in [2.75, 3.05) is 0 Å². The smallest absolute Gasteiger partial charge is 0.345 e. The van der Waals surface area contributed by atoms with Crippen LogP contribution >= 0.6 is 0 Å². The van der Waals surface area contributed by atoms with Gasteiger partial charge in [-0.2, -0.15) is 13.2 Å². The molecule has 1 N–H and O–H groups in total. The van der Waals surface area contributed by atoms with Gasteiger partial charge in [-0.1, -0.05) is 36.4 Å². The second kappa shape index (κ2) is 7.10. The Kier molecular flexibility index (Phi) is 4.73. The molecule has 3 aromatic rings. The van der Waals surface area contributed by atoms with Gasteiger partial charge in [0.1, 0.15) is 0 Å². The predicted octanol–water partition coefficient (Wildman–Crippen LogP) is 5.53. The van der Waals surface area contributed by atoms with Crippen LogP contribution in [0.2, 0.25) is 0 Å². The van der Waals surface area contributed by atoms with Crippen molar-refractivity contribution >= 4 is 5.91 Å². The van der Waals surface area contributed by atoms with Crippen molar-refractivity contribution in [3.63, 3.8) is 0 Å². The van der Waals surface area contributed by atoms with Gasteiger partial charge in [0.15, 0.2) is 0 Å². The second-order valence-corrected chi connectivity index (χ2v) is 7.40. The number of carbonyl (C=O) groups is 1. The minimum atomic E-state index is -4.48. The SMILES string of the molecule is Cc1cc(C(=O)NC2CCc3ccccc32)c(C)n1-c1ccccc1C(F)(F)F. The maximum Gasteiger partial charge on any atom is 0.418 e. The summed E-state index contributed by atoms with van der Waals surface area (Å²) in [4.78, 5) is 13.0. The van der Waals surface area contributed by atoms with Crippen molar-refractivity contribution in [3.8, 4) is 5.69 Å². The molecule has 0 saturated heterocycles. The Bertz CT molecular complexity index is 1080. The van der Waals surface area contributed by atoms with Gasteiger partial charge < -0.3 is 9.88 Å². The van der Waals surface area contributed by atoms with E-state index in [1.165, 1.54) is 22.3 Å². The maximum atomic E-state index is 13.5. The molecule has 0 fully saturated rings. The normalized spacial score (nSPS) is 16.0. The first-order chi connectivity index (χ1) is 13.8. The van der Waals surface area contributed by atoms with Gasteiger partial charge in [0.05, 0.1) is 22.9 Å². The molecule has 1 atom stereocenters. The zero-order chi connectivity index (χ0) is 20.8. The Labute approximate surface area is 167 Å². The number of nitrogens with one attached hydrogen (secondary N) is 1. The summed E-state index contributed by atoms with van der Waals surface area (Å²) in [6.45, 7) is 3.39. The van der Waals surface area contributed by atoms with Crippen molar-refractivity contribution in [1.82, 2.24) is 9.88 Å². The number of amides is 1. The molecule has 1 unspecified atom stereocenters. The summed E-state index contributed by atoms with van der Waals surface area (Å²) in [5.74, 6) is -0.268. The van der Waals surface area contributed by atoms with E-state index in [1.807, 2.05) is 18.2 Å². The summed E-state index contributed by atoms with van der Waals surface area (Å²) < 4.78 is 41.9. The molecular weight excluding hydrogens is 377 g/mol. The molecule has 0 bridgehead atoms. The highest BCUT2D eigenvalue weighted by molar-refractivity contribution is 5.96. The third-order valence-electron chi connectivity index (χ3n) is 5.56. The molecule has 6 heteroatoms. The van der Waals surface area contributed by atoms with Crippen molar-refractivity contribution in [3.05, 3.63) is 88.2 Å². The van der Waals surface area contributed by atoms with Crippen LogP contribution in [-0.2, 0) is 12.6 Å². The zero-order valence-electron chi connectivity index (χ0n) is 16.2. The summed E-state index contributed by atoms with van der Waals surface area (Å²) in [6, 6.07) is 15.0. The molecule has 0 saturated carbocycles. The van der Waals surface area contributed by atoms with Gasteiger partial charge >= 0.3 is 6.18 Å². The van der Waals surface area contributed by atoms with E-state index in [1.54, 1.807) is 26.0 Å². The quantitative estimate of drug-likeness (QED) is 0.618. The topological polar surface area (TPSA) is 34.0 Å². The van der Waals surface area contributed by atoms with Gasteiger partial charge in [0, 0.05) is 11.4 Å². The number of aromatic nitrogens is 1. The van der Waals surface area contributed by atoms with Gasteiger partial charge in [0.2, 0.25) is 0 Å². The second-order valence-electron chi connectivity index (χ2n) is 7.40. The molecule has 1 aromatic heterocycles. The minimum Gasteiger partial charge on any atom is -0.345 e. The van der Waals surface area contributed by atoms with Crippen LogP contribution < -0.4 is 5.32 Å². The monoisotopic (exact) mass is 398 g/mol. The van der Waals surface area contributed by atoms with E-state index >= 15 is 0 Å². The number of hydrogen-bond donors (Lipinski definition) is 1. The van der Waals surface area contributed by atoms with E-state index in [4.69, 9.17) is 0 Å². The van der Waals surface area contributed by atoms with E-state index in [0.29, 0.717) is 17.0 Å². The first-order valence-corrected chi connectivity index (χ1v) is 9.51. The number of alkyl halides is 3. The van der Waals surface area contributed by atoms with E-state index in [0.717, 1.165) is 24.5 Å². The number of fused-ring (bicyclic) bond motifs is 1. The zero-order valence-corrected chi connectivity index (χ0v) is 16.2. The van der Waals surface area contributed by atoms with Crippen LogP contribution in [0.3, 0.4) is 0 Å². The molecule has 1 aliphatic carbocycles. The Balaban J connectivity index is 1.68. The largest absolute Gasteiger partial charge is 0.418 e. The van der Waals surface area contributed by atoms with Crippen LogP contribution in [0.15, 0.2) is 54.6 Å². The Hall–Kier alpha value is -3.02. The van der Waals surface area contributed by atoms with E-state index in [2.05, 4.69) is 11.4 Å². The van der Waals surface area contributed by atoms with E-state index in [9.17, 15) is 18.0 Å². The highest BCUT2D eigenvalue weighted by Crippen LogP contribution is 2.36. The van der Waals surface area contributed by atoms with Crippen LogP contribution in [0.5, 0.6) is 0 Å². The third kappa shape index (κ3) is 3.43. The van der Waals surface area contributed by atoms with Crippen LogP contribution in [0.4, 0.5) is 13.2 Å². The molecule has 150 valence electrons. The first-order valence-electron chi connectivity index (χ1n) is 9.51. The fourth-order valence-corrected chi connectivity index (χ4v) is 4.21. The fourth-order valence-electron chi connectivity index (χ4n) is 4.21. The van der Waals surface area contributed by atoms with Crippen LogP contribution in [0.25, 0.3) is 5.69 Å². The lowest BCUT2D eigenvalue weighted by Crippen LogP contribution is -2.27. The summed E-state index contributed by atoms with van der Waals surface area (Å²) in [7, 11) is 0. The Morgan fingerprint density at radius 1 is 1.07 bits per heavy atom. The molecule has 1 amide bonds. The van der Waals surface area contributed by atoms with Gasteiger partial charge in [-0.15, -0.1) is 0 Å². The lowest BCUT2D eigenvalue weighted by molar-refractivity contribution is -0.137. The molecule has 1 heterocycles. The van der Waals surface area contributed by atoms with Crippen LogP contribution in [0.1, 0.15) is 50.9 Å². The number of aryl methyl sites for hydroxylation is 2. The van der Waals surface area contributed by atoms with Gasteiger partial charge in [0.25, 0.3) is 5.91 Å². The lowest BCUT2D eigenvalue weighted by Gasteiger charge is -2.17. The molecular formula is C23H21F3N2O. The number of hydrogen-bond acceptors (Lipinski definition) is 1. The minimum absolute atomic E-state index is 0.0280. The number of rotatable bonds is 3. The number of carbonyl (C=O) groups excluding carboxylic acids is 1. The van der Waals surface area contributed by atoms with Gasteiger partial charge in [-0.05, 0) is 56.0 Å². The fraction of sp³-hybridized carbons (Fsp3) is 0.261. The molecule has 2 aromatic carbocycles. The van der Waals surface area contributed by atoms with Crippen molar-refractivity contribution in [2.45, 2.75) is 38.9 Å². The highest BCUT2D eigenvalue weighted by Gasteiger charge is 2.34.